The molecule has 42 heavy (non-hydrogen) atoms. The van der Waals surface area contributed by atoms with Crippen LogP contribution in [0.3, 0.4) is 0 Å². The van der Waals surface area contributed by atoms with E-state index in [-0.39, 0.29) is 22.9 Å². The lowest BCUT2D eigenvalue weighted by Crippen LogP contribution is -3.00. The minimum absolute atomic E-state index is 0. The number of benzene rings is 3. The van der Waals surface area contributed by atoms with Gasteiger partial charge >= 0.3 is 6.09 Å². The van der Waals surface area contributed by atoms with E-state index in [1.807, 2.05) is 20.8 Å². The van der Waals surface area contributed by atoms with E-state index in [1.165, 1.54) is 20.8 Å². The molecule has 2 amide bonds. The van der Waals surface area contributed by atoms with E-state index in [2.05, 4.69) is 96.3 Å². The number of nitrogens with zero attached hydrogens (tertiary/aromatic N) is 1. The number of ether oxygens (including phenoxy) is 2. The molecule has 1 aliphatic heterocycles. The van der Waals surface area contributed by atoms with Gasteiger partial charge in [0.05, 0.1) is 11.6 Å². The van der Waals surface area contributed by atoms with Gasteiger partial charge in [-0.05, 0) is 76.4 Å². The molecule has 0 saturated carbocycles. The maximum atomic E-state index is 13.8. The summed E-state index contributed by atoms with van der Waals surface area (Å²) in [6.45, 7) is 7.40. The van der Waals surface area contributed by atoms with Crippen LogP contribution in [-0.2, 0) is 14.3 Å². The third kappa shape index (κ3) is 8.21. The van der Waals surface area contributed by atoms with Crippen molar-refractivity contribution >= 4 is 35.2 Å². The van der Waals surface area contributed by atoms with Gasteiger partial charge in [0.15, 0.2) is 0 Å². The first-order chi connectivity index (χ1) is 19.7. The summed E-state index contributed by atoms with van der Waals surface area (Å²) in [6, 6.07) is 32.4. The summed E-state index contributed by atoms with van der Waals surface area (Å²) < 4.78 is 11.2. The van der Waals surface area contributed by atoms with E-state index >= 15 is 0 Å². The SMILES string of the molecule is CN(CC1(C(=O)NCCC[P+](c2ccccc2)(c2ccccc2)c2ccccc2)CCOCC1)C(=O)OC(C)(C)C.[Br-]. The minimum atomic E-state index is -1.96. The number of halogens is 1. The Bertz CT molecular complexity index is 1170. The van der Waals surface area contributed by atoms with E-state index in [0.717, 1.165) is 12.6 Å². The highest BCUT2D eigenvalue weighted by Gasteiger charge is 2.45. The zero-order chi connectivity index (χ0) is 29.3. The van der Waals surface area contributed by atoms with E-state index in [4.69, 9.17) is 9.47 Å². The molecule has 0 radical (unpaired) electrons. The van der Waals surface area contributed by atoms with Crippen molar-refractivity contribution in [1.29, 1.82) is 0 Å². The van der Waals surface area contributed by atoms with Gasteiger partial charge in [-0.2, -0.15) is 0 Å². The molecule has 0 unspecified atom stereocenters. The van der Waals surface area contributed by atoms with Crippen molar-refractivity contribution < 1.29 is 36.0 Å². The molecule has 0 spiro atoms. The maximum absolute atomic E-state index is 13.8. The maximum Gasteiger partial charge on any atom is 0.410 e. The van der Waals surface area contributed by atoms with Crippen molar-refractivity contribution in [2.75, 3.05) is 39.5 Å². The van der Waals surface area contributed by atoms with Crippen LogP contribution >= 0.6 is 7.26 Å². The van der Waals surface area contributed by atoms with Crippen LogP contribution in [0.25, 0.3) is 0 Å². The molecule has 1 saturated heterocycles. The normalized spacial score (nSPS) is 14.8. The predicted molar refractivity (Wildman–Crippen MR) is 169 cm³/mol. The third-order valence-corrected chi connectivity index (χ3v) is 12.2. The topological polar surface area (TPSA) is 67.9 Å². The number of carbonyl (C=O) groups excluding carboxylic acids is 2. The van der Waals surface area contributed by atoms with Crippen molar-refractivity contribution in [3.05, 3.63) is 91.0 Å². The predicted octanol–water partition coefficient (Wildman–Crippen LogP) is 2.15. The number of rotatable bonds is 10. The molecule has 0 aromatic heterocycles. The standard InChI is InChI=1S/C34H43N2O4P.BrH/c1-33(2,3)40-32(38)36(4)27-34(21-24-39-25-22-34)31(37)35-23-14-26-41(28-15-8-5-9-16-28,29-17-10-6-11-18-29)30-19-12-7-13-20-30;/h5-13,15-20H,14,21-27H2,1-4H3;1H. The summed E-state index contributed by atoms with van der Waals surface area (Å²) >= 11 is 0. The van der Waals surface area contributed by atoms with Crippen LogP contribution in [0.4, 0.5) is 4.79 Å². The average molecular weight is 656 g/mol. The van der Waals surface area contributed by atoms with Gasteiger partial charge in [0.25, 0.3) is 0 Å². The first-order valence-electron chi connectivity index (χ1n) is 14.5. The lowest BCUT2D eigenvalue weighted by Gasteiger charge is -2.38. The van der Waals surface area contributed by atoms with Crippen molar-refractivity contribution in [2.24, 2.45) is 5.41 Å². The van der Waals surface area contributed by atoms with Gasteiger partial charge in [-0.1, -0.05) is 54.6 Å². The molecule has 1 aliphatic rings. The summed E-state index contributed by atoms with van der Waals surface area (Å²) in [7, 11) is -0.254. The number of nitrogens with one attached hydrogen (secondary N) is 1. The highest BCUT2D eigenvalue weighted by molar-refractivity contribution is 7.95. The van der Waals surface area contributed by atoms with Gasteiger partial charge in [0, 0.05) is 33.4 Å². The van der Waals surface area contributed by atoms with Gasteiger partial charge in [-0.3, -0.25) is 4.79 Å². The van der Waals surface area contributed by atoms with Crippen molar-refractivity contribution in [1.82, 2.24) is 10.2 Å². The molecule has 0 aliphatic carbocycles. The fourth-order valence-electron chi connectivity index (χ4n) is 5.67. The fraction of sp³-hybridized carbons (Fsp3) is 0.412. The second kappa shape index (κ2) is 15.1. The number of hydrogen-bond donors (Lipinski definition) is 1. The van der Waals surface area contributed by atoms with E-state index < -0.39 is 24.4 Å². The molecule has 1 fully saturated rings. The molecule has 3 aromatic rings. The minimum Gasteiger partial charge on any atom is -1.00 e. The van der Waals surface area contributed by atoms with Crippen molar-refractivity contribution in [3.8, 4) is 0 Å². The molecule has 226 valence electrons. The van der Waals surface area contributed by atoms with Crippen LogP contribution in [0, 0.1) is 5.41 Å². The number of hydrogen-bond acceptors (Lipinski definition) is 4. The molecule has 1 N–H and O–H groups in total. The molecule has 3 aromatic carbocycles. The van der Waals surface area contributed by atoms with Crippen LogP contribution < -0.4 is 38.2 Å². The smallest absolute Gasteiger partial charge is 0.410 e. The Hall–Kier alpha value is -2.73. The monoisotopic (exact) mass is 654 g/mol. The molecule has 0 atom stereocenters. The van der Waals surface area contributed by atoms with Gasteiger partial charge in [0.1, 0.15) is 28.8 Å². The molecule has 4 rings (SSSR count). The second-order valence-electron chi connectivity index (χ2n) is 11.9. The summed E-state index contributed by atoms with van der Waals surface area (Å²) in [5.41, 5.74) is -1.29. The van der Waals surface area contributed by atoms with E-state index in [9.17, 15) is 9.59 Å². The molecule has 8 heteroatoms. The van der Waals surface area contributed by atoms with Gasteiger partial charge in [-0.15, -0.1) is 0 Å². The largest absolute Gasteiger partial charge is 1.00 e. The highest BCUT2D eigenvalue weighted by atomic mass is 79.9. The van der Waals surface area contributed by atoms with E-state index in [1.54, 1.807) is 7.05 Å². The Balaban J connectivity index is 0.00000484. The van der Waals surface area contributed by atoms with Crippen molar-refractivity contribution in [2.45, 2.75) is 45.6 Å². The first kappa shape index (κ1) is 33.8. The number of carbonyl (C=O) groups is 2. The second-order valence-corrected chi connectivity index (χ2v) is 15.5. The quantitative estimate of drug-likeness (QED) is 0.269. The van der Waals surface area contributed by atoms with Crippen LogP contribution in [0.2, 0.25) is 0 Å². The van der Waals surface area contributed by atoms with Crippen molar-refractivity contribution in [3.63, 3.8) is 0 Å². The summed E-state index contributed by atoms with van der Waals surface area (Å²) in [4.78, 5) is 28.0. The van der Waals surface area contributed by atoms with Crippen LogP contribution in [-0.4, -0.2) is 62.0 Å². The third-order valence-electron chi connectivity index (χ3n) is 7.72. The summed E-state index contributed by atoms with van der Waals surface area (Å²) in [5, 5.41) is 7.27. The first-order valence-corrected chi connectivity index (χ1v) is 16.5. The zero-order valence-electron chi connectivity index (χ0n) is 25.2. The molecule has 1 heterocycles. The molecular weight excluding hydrogens is 611 g/mol. The summed E-state index contributed by atoms with van der Waals surface area (Å²) in [6.07, 6.45) is 2.48. The Labute approximate surface area is 262 Å². The molecule has 6 nitrogen and oxygen atoms in total. The van der Waals surface area contributed by atoms with Gasteiger partial charge in [0.2, 0.25) is 5.91 Å². The number of amides is 2. The molecular formula is C34H44BrN2O4P. The zero-order valence-corrected chi connectivity index (χ0v) is 27.7. The molecule has 0 bridgehead atoms. The van der Waals surface area contributed by atoms with Gasteiger partial charge < -0.3 is 36.7 Å². The fourth-order valence-corrected chi connectivity index (χ4v) is 10.0. The highest BCUT2D eigenvalue weighted by Crippen LogP contribution is 2.55. The van der Waals surface area contributed by atoms with E-state index in [0.29, 0.717) is 39.1 Å². The Kier molecular flexibility index (Phi) is 12.2. The van der Waals surface area contributed by atoms with Gasteiger partial charge in [-0.25, -0.2) is 4.79 Å². The average Bonchev–Trinajstić information content (AvgIpc) is 2.98. The van der Waals surface area contributed by atoms with Crippen LogP contribution in [0.1, 0.15) is 40.0 Å². The van der Waals surface area contributed by atoms with Crippen LogP contribution in [0.5, 0.6) is 0 Å². The Morgan fingerprint density at radius 3 is 1.74 bits per heavy atom. The lowest BCUT2D eigenvalue weighted by atomic mass is 9.78. The Morgan fingerprint density at radius 2 is 1.31 bits per heavy atom. The lowest BCUT2D eigenvalue weighted by molar-refractivity contribution is -0.138. The van der Waals surface area contributed by atoms with Crippen LogP contribution in [0.15, 0.2) is 91.0 Å². The Morgan fingerprint density at radius 1 is 0.857 bits per heavy atom. The summed E-state index contributed by atoms with van der Waals surface area (Å²) in [5.74, 6) is -0.0146.